The molecule has 2 aliphatic carbocycles. The van der Waals surface area contributed by atoms with Gasteiger partial charge in [0.05, 0.1) is 0 Å². The SMILES string of the molecule is Cc1c(/C=C\C(C)C)ccc2oc(-c3ccc4cc(-c5cccc6c5oc5cc7c8c(cccc8c56)C5=C7C=CC(C)C5)ccc4c3)nc12. The molecule has 2 heterocycles. The summed E-state index contributed by atoms with van der Waals surface area (Å²) in [6.45, 7) is 8.80. The highest BCUT2D eigenvalue weighted by Gasteiger charge is 2.28. The second kappa shape index (κ2) is 10.4. The summed E-state index contributed by atoms with van der Waals surface area (Å²) in [5.74, 6) is 1.69. The van der Waals surface area contributed by atoms with Gasteiger partial charge in [0.15, 0.2) is 5.58 Å². The summed E-state index contributed by atoms with van der Waals surface area (Å²) in [7, 11) is 0. The van der Waals surface area contributed by atoms with Crippen molar-refractivity contribution in [1.82, 2.24) is 4.98 Å². The van der Waals surface area contributed by atoms with Crippen LogP contribution in [0.4, 0.5) is 0 Å². The molecule has 10 rings (SSSR count). The molecule has 2 aromatic heterocycles. The van der Waals surface area contributed by atoms with Crippen LogP contribution in [0.15, 0.2) is 118 Å². The van der Waals surface area contributed by atoms with Crippen molar-refractivity contribution in [2.75, 3.05) is 0 Å². The van der Waals surface area contributed by atoms with E-state index < -0.39 is 0 Å². The number of hydrogen-bond acceptors (Lipinski definition) is 3. The third-order valence-electron chi connectivity index (χ3n) is 10.6. The normalized spacial score (nSPS) is 15.8. The molecule has 0 saturated heterocycles. The Balaban J connectivity index is 1.06. The van der Waals surface area contributed by atoms with E-state index in [1.165, 1.54) is 44.0 Å². The third kappa shape index (κ3) is 4.25. The molecule has 236 valence electrons. The Morgan fingerprint density at radius 1 is 0.755 bits per heavy atom. The van der Waals surface area contributed by atoms with Gasteiger partial charge in [-0.1, -0.05) is 106 Å². The zero-order valence-electron chi connectivity index (χ0n) is 28.1. The summed E-state index contributed by atoms with van der Waals surface area (Å²) in [5.41, 5.74) is 14.7. The number of benzene rings is 6. The zero-order chi connectivity index (χ0) is 33.0. The summed E-state index contributed by atoms with van der Waals surface area (Å²) >= 11 is 0. The van der Waals surface area contributed by atoms with Crippen LogP contribution in [-0.2, 0) is 0 Å². The molecule has 1 atom stereocenters. The second-order valence-corrected chi connectivity index (χ2v) is 14.3. The van der Waals surface area contributed by atoms with Crippen LogP contribution in [0.5, 0.6) is 0 Å². The molecule has 0 aliphatic heterocycles. The van der Waals surface area contributed by atoms with Gasteiger partial charge in [0.25, 0.3) is 0 Å². The van der Waals surface area contributed by atoms with Crippen molar-refractivity contribution in [2.45, 2.75) is 34.1 Å². The highest BCUT2D eigenvalue weighted by atomic mass is 16.3. The number of para-hydroxylation sites is 1. The van der Waals surface area contributed by atoms with Crippen LogP contribution in [0, 0.1) is 18.8 Å². The molecule has 0 spiro atoms. The molecule has 0 fully saturated rings. The highest BCUT2D eigenvalue weighted by Crippen LogP contribution is 2.51. The molecule has 6 aromatic carbocycles. The first-order chi connectivity index (χ1) is 23.9. The quantitative estimate of drug-likeness (QED) is 0.194. The van der Waals surface area contributed by atoms with Crippen molar-refractivity contribution in [2.24, 2.45) is 11.8 Å². The van der Waals surface area contributed by atoms with Crippen molar-refractivity contribution in [3.8, 4) is 22.6 Å². The lowest BCUT2D eigenvalue weighted by molar-refractivity contribution is 0.620. The summed E-state index contributed by atoms with van der Waals surface area (Å²) in [6, 6.07) is 32.9. The van der Waals surface area contributed by atoms with Crippen LogP contribution in [0.1, 0.15) is 49.4 Å². The van der Waals surface area contributed by atoms with E-state index >= 15 is 0 Å². The van der Waals surface area contributed by atoms with Crippen LogP contribution in [0.25, 0.3) is 94.4 Å². The van der Waals surface area contributed by atoms with Gasteiger partial charge in [-0.3, -0.25) is 0 Å². The molecule has 3 heteroatoms. The number of furan rings is 1. The average molecular weight is 634 g/mol. The van der Waals surface area contributed by atoms with Crippen LogP contribution >= 0.6 is 0 Å². The number of hydrogen-bond donors (Lipinski definition) is 0. The molecule has 2 aliphatic rings. The van der Waals surface area contributed by atoms with Crippen LogP contribution in [0.3, 0.4) is 0 Å². The van der Waals surface area contributed by atoms with Gasteiger partial charge in [0.1, 0.15) is 16.7 Å². The first-order valence-electron chi connectivity index (χ1n) is 17.4. The molecule has 0 N–H and O–H groups in total. The number of aromatic nitrogens is 1. The van der Waals surface area contributed by atoms with Crippen molar-refractivity contribution in [1.29, 1.82) is 0 Å². The smallest absolute Gasteiger partial charge is 0.227 e. The Kier molecular flexibility index (Phi) is 6.03. The lowest BCUT2D eigenvalue weighted by atomic mass is 9.89. The second-order valence-electron chi connectivity index (χ2n) is 14.3. The molecule has 0 saturated carbocycles. The monoisotopic (exact) mass is 633 g/mol. The largest absolute Gasteiger partial charge is 0.455 e. The summed E-state index contributed by atoms with van der Waals surface area (Å²) in [6.07, 6.45) is 10.2. The fraction of sp³-hybridized carbons (Fsp3) is 0.152. The van der Waals surface area contributed by atoms with Crippen molar-refractivity contribution < 1.29 is 8.83 Å². The topological polar surface area (TPSA) is 39.2 Å². The van der Waals surface area contributed by atoms with E-state index in [0.29, 0.717) is 17.7 Å². The number of fused-ring (bicyclic) bond motifs is 8. The Labute approximate surface area is 284 Å². The minimum Gasteiger partial charge on any atom is -0.455 e. The molecule has 0 amide bonds. The third-order valence-corrected chi connectivity index (χ3v) is 10.6. The van der Waals surface area contributed by atoms with E-state index in [9.17, 15) is 0 Å². The molecule has 3 nitrogen and oxygen atoms in total. The maximum Gasteiger partial charge on any atom is 0.227 e. The summed E-state index contributed by atoms with van der Waals surface area (Å²) in [5, 5.41) is 7.31. The Morgan fingerprint density at radius 3 is 2.37 bits per heavy atom. The van der Waals surface area contributed by atoms with Crippen molar-refractivity contribution in [3.63, 3.8) is 0 Å². The van der Waals surface area contributed by atoms with Crippen LogP contribution < -0.4 is 0 Å². The Morgan fingerprint density at radius 2 is 1.53 bits per heavy atom. The van der Waals surface area contributed by atoms with Crippen LogP contribution in [-0.4, -0.2) is 4.98 Å². The number of aryl methyl sites for hydroxylation is 1. The number of allylic oxidation sites excluding steroid dienone is 5. The molecule has 8 aromatic rings. The first kappa shape index (κ1) is 28.4. The van der Waals surface area contributed by atoms with E-state index in [4.69, 9.17) is 13.8 Å². The summed E-state index contributed by atoms with van der Waals surface area (Å²) in [4.78, 5) is 4.94. The van der Waals surface area contributed by atoms with Crippen molar-refractivity contribution in [3.05, 3.63) is 131 Å². The van der Waals surface area contributed by atoms with E-state index in [1.54, 1.807) is 0 Å². The predicted molar refractivity (Wildman–Crippen MR) is 206 cm³/mol. The average Bonchev–Trinajstić information content (AvgIpc) is 3.81. The number of oxazole rings is 1. The van der Waals surface area contributed by atoms with E-state index in [-0.39, 0.29) is 0 Å². The zero-order valence-corrected chi connectivity index (χ0v) is 28.1. The minimum atomic E-state index is 0.494. The van der Waals surface area contributed by atoms with Gasteiger partial charge in [0.2, 0.25) is 5.89 Å². The highest BCUT2D eigenvalue weighted by molar-refractivity contribution is 6.28. The lowest BCUT2D eigenvalue weighted by Gasteiger charge is -2.15. The van der Waals surface area contributed by atoms with Gasteiger partial charge >= 0.3 is 0 Å². The molecule has 0 bridgehead atoms. The first-order valence-corrected chi connectivity index (χ1v) is 17.4. The number of nitrogens with zero attached hydrogens (tertiary/aromatic N) is 1. The molecule has 49 heavy (non-hydrogen) atoms. The molecule has 1 unspecified atom stereocenters. The van der Waals surface area contributed by atoms with E-state index in [2.05, 4.69) is 137 Å². The van der Waals surface area contributed by atoms with Crippen LogP contribution in [0.2, 0.25) is 0 Å². The Bertz CT molecular complexity index is 2800. The fourth-order valence-corrected chi connectivity index (χ4v) is 8.12. The molecule has 0 radical (unpaired) electrons. The molecular weight excluding hydrogens is 599 g/mol. The standard InChI is InChI=1S/C46H35NO2/c1-25(2)11-13-28-18-20-40-44(27(28)4)47-46(49-40)32-17-15-29-22-31(16-14-30(29)23-32)33-7-5-10-37-43-36-9-6-8-35-38-21-26(3)12-19-34(38)39(42(35)36)24-41(43)48-45(33)37/h5-20,22-26H,21H2,1-4H3/b13-11-. The lowest BCUT2D eigenvalue weighted by Crippen LogP contribution is -1.97. The van der Waals surface area contributed by atoms with Gasteiger partial charge in [0, 0.05) is 21.9 Å². The number of rotatable bonds is 4. The maximum absolute atomic E-state index is 6.80. The van der Waals surface area contributed by atoms with Gasteiger partial charge in [-0.25, -0.2) is 4.98 Å². The van der Waals surface area contributed by atoms with E-state index in [0.717, 1.165) is 67.1 Å². The minimum absolute atomic E-state index is 0.494. The predicted octanol–water partition coefficient (Wildman–Crippen LogP) is 13.2. The maximum atomic E-state index is 6.80. The fourth-order valence-electron chi connectivity index (χ4n) is 8.12. The van der Waals surface area contributed by atoms with Gasteiger partial charge in [-0.2, -0.15) is 0 Å². The van der Waals surface area contributed by atoms with Gasteiger partial charge in [-0.05, 0) is 116 Å². The summed E-state index contributed by atoms with van der Waals surface area (Å²) < 4.78 is 13.1. The molecular formula is C46H35NO2. The van der Waals surface area contributed by atoms with E-state index in [1.807, 2.05) is 6.07 Å². The van der Waals surface area contributed by atoms with Crippen molar-refractivity contribution >= 4 is 71.8 Å². The van der Waals surface area contributed by atoms with Gasteiger partial charge < -0.3 is 8.83 Å². The van der Waals surface area contributed by atoms with Gasteiger partial charge in [-0.15, -0.1) is 0 Å². The Hall–Kier alpha value is -5.67.